The van der Waals surface area contributed by atoms with Gasteiger partial charge in [0.15, 0.2) is 0 Å². The molecule has 0 aliphatic heterocycles. The van der Waals surface area contributed by atoms with E-state index in [1.54, 1.807) is 0 Å². The highest BCUT2D eigenvalue weighted by Gasteiger charge is 2.04. The number of hydrogen-bond acceptors (Lipinski definition) is 3. The first-order valence-electron chi connectivity index (χ1n) is 8.18. The van der Waals surface area contributed by atoms with Gasteiger partial charge in [0.2, 0.25) is 0 Å². The number of para-hydroxylation sites is 1. The SMILES string of the molecule is Cc1nc(CNCc2ccc3ccn(C)c3c2)nc2ccccc12. The van der Waals surface area contributed by atoms with E-state index in [2.05, 4.69) is 63.4 Å². The van der Waals surface area contributed by atoms with E-state index in [1.807, 2.05) is 25.1 Å². The molecule has 0 unspecified atom stereocenters. The van der Waals surface area contributed by atoms with Crippen LogP contribution in [0.5, 0.6) is 0 Å². The maximum Gasteiger partial charge on any atom is 0.143 e. The van der Waals surface area contributed by atoms with Crippen LogP contribution in [0.4, 0.5) is 0 Å². The molecule has 2 heterocycles. The lowest BCUT2D eigenvalue weighted by atomic mass is 10.1. The molecule has 4 heteroatoms. The van der Waals surface area contributed by atoms with Crippen molar-refractivity contribution in [2.24, 2.45) is 7.05 Å². The summed E-state index contributed by atoms with van der Waals surface area (Å²) in [5.74, 6) is 0.839. The van der Waals surface area contributed by atoms with Crippen LogP contribution in [0.25, 0.3) is 21.8 Å². The van der Waals surface area contributed by atoms with E-state index in [0.717, 1.165) is 29.0 Å². The van der Waals surface area contributed by atoms with Gasteiger partial charge in [-0.15, -0.1) is 0 Å². The molecule has 0 saturated carbocycles. The van der Waals surface area contributed by atoms with Gasteiger partial charge in [-0.25, -0.2) is 9.97 Å². The van der Waals surface area contributed by atoms with Crippen LogP contribution in [0, 0.1) is 6.92 Å². The molecule has 120 valence electrons. The van der Waals surface area contributed by atoms with E-state index in [4.69, 9.17) is 0 Å². The standard InChI is InChI=1S/C20H20N4/c1-14-17-5-3-4-6-18(17)23-20(22-14)13-21-12-15-7-8-16-9-10-24(2)19(16)11-15/h3-11,21H,12-13H2,1-2H3. The smallest absolute Gasteiger partial charge is 0.143 e. The zero-order valence-corrected chi connectivity index (χ0v) is 14.0. The zero-order valence-electron chi connectivity index (χ0n) is 14.0. The monoisotopic (exact) mass is 316 g/mol. The quantitative estimate of drug-likeness (QED) is 0.624. The van der Waals surface area contributed by atoms with Gasteiger partial charge in [-0.1, -0.05) is 30.3 Å². The molecule has 4 aromatic rings. The largest absolute Gasteiger partial charge is 0.351 e. The van der Waals surface area contributed by atoms with Gasteiger partial charge in [0.05, 0.1) is 12.1 Å². The average molecular weight is 316 g/mol. The third kappa shape index (κ3) is 2.76. The van der Waals surface area contributed by atoms with Crippen molar-refractivity contribution >= 4 is 21.8 Å². The molecule has 0 spiro atoms. The number of aryl methyl sites for hydroxylation is 2. The van der Waals surface area contributed by atoms with Crippen molar-refractivity contribution in [1.29, 1.82) is 0 Å². The summed E-state index contributed by atoms with van der Waals surface area (Å²) in [6.45, 7) is 3.50. The molecule has 0 saturated heterocycles. The Balaban J connectivity index is 1.49. The molecule has 0 amide bonds. The van der Waals surface area contributed by atoms with Crippen LogP contribution >= 0.6 is 0 Å². The van der Waals surface area contributed by atoms with Crippen molar-refractivity contribution in [1.82, 2.24) is 19.9 Å². The maximum absolute atomic E-state index is 4.65. The van der Waals surface area contributed by atoms with Crippen molar-refractivity contribution in [2.45, 2.75) is 20.0 Å². The van der Waals surface area contributed by atoms with E-state index < -0.39 is 0 Å². The summed E-state index contributed by atoms with van der Waals surface area (Å²) in [7, 11) is 2.07. The Kier molecular flexibility index (Phi) is 3.75. The number of benzene rings is 2. The van der Waals surface area contributed by atoms with Crippen LogP contribution < -0.4 is 5.32 Å². The van der Waals surface area contributed by atoms with Crippen molar-refractivity contribution in [2.75, 3.05) is 0 Å². The third-order valence-corrected chi connectivity index (χ3v) is 4.40. The van der Waals surface area contributed by atoms with Crippen molar-refractivity contribution < 1.29 is 0 Å². The number of hydrogen-bond donors (Lipinski definition) is 1. The van der Waals surface area contributed by atoms with Gasteiger partial charge in [0.1, 0.15) is 5.82 Å². The van der Waals surface area contributed by atoms with Crippen LogP contribution in [0.3, 0.4) is 0 Å². The molecule has 24 heavy (non-hydrogen) atoms. The fourth-order valence-corrected chi connectivity index (χ4v) is 3.11. The Labute approximate surface area is 141 Å². The molecule has 4 rings (SSSR count). The predicted molar refractivity (Wildman–Crippen MR) is 97.7 cm³/mol. The van der Waals surface area contributed by atoms with E-state index in [0.29, 0.717) is 6.54 Å². The van der Waals surface area contributed by atoms with E-state index >= 15 is 0 Å². The van der Waals surface area contributed by atoms with Crippen LogP contribution in [0.15, 0.2) is 54.7 Å². The Morgan fingerprint density at radius 3 is 2.79 bits per heavy atom. The zero-order chi connectivity index (χ0) is 16.5. The minimum Gasteiger partial charge on any atom is -0.351 e. The molecular weight excluding hydrogens is 296 g/mol. The van der Waals surface area contributed by atoms with Gasteiger partial charge < -0.3 is 9.88 Å². The van der Waals surface area contributed by atoms with Crippen molar-refractivity contribution in [3.63, 3.8) is 0 Å². The summed E-state index contributed by atoms with van der Waals surface area (Å²) in [6.07, 6.45) is 2.09. The summed E-state index contributed by atoms with van der Waals surface area (Å²) in [6, 6.07) is 16.9. The fraction of sp³-hybridized carbons (Fsp3) is 0.200. The lowest BCUT2D eigenvalue weighted by Crippen LogP contribution is -2.15. The second-order valence-electron chi connectivity index (χ2n) is 6.17. The molecule has 0 aliphatic carbocycles. The molecule has 2 aromatic heterocycles. The molecule has 1 N–H and O–H groups in total. The summed E-state index contributed by atoms with van der Waals surface area (Å²) >= 11 is 0. The van der Waals surface area contributed by atoms with Gasteiger partial charge in [-0.2, -0.15) is 0 Å². The van der Waals surface area contributed by atoms with Gasteiger partial charge in [-0.3, -0.25) is 0 Å². The van der Waals surface area contributed by atoms with Gasteiger partial charge in [0, 0.05) is 36.4 Å². The number of aromatic nitrogens is 3. The lowest BCUT2D eigenvalue weighted by molar-refractivity contribution is 0.663. The Morgan fingerprint density at radius 2 is 1.88 bits per heavy atom. The minimum atomic E-state index is 0.664. The summed E-state index contributed by atoms with van der Waals surface area (Å²) in [5, 5.41) is 5.85. The highest BCUT2D eigenvalue weighted by molar-refractivity contribution is 5.81. The Hall–Kier alpha value is -2.72. The minimum absolute atomic E-state index is 0.664. The van der Waals surface area contributed by atoms with Crippen molar-refractivity contribution in [3.05, 3.63) is 71.8 Å². The Bertz CT molecular complexity index is 1020. The molecule has 0 atom stereocenters. The summed E-state index contributed by atoms with van der Waals surface area (Å²) in [5.41, 5.74) is 4.56. The molecule has 0 radical (unpaired) electrons. The van der Waals surface area contributed by atoms with Crippen molar-refractivity contribution in [3.8, 4) is 0 Å². The molecular formula is C20H20N4. The van der Waals surface area contributed by atoms with Crippen LogP contribution in [0.2, 0.25) is 0 Å². The average Bonchev–Trinajstić information content (AvgIpc) is 2.96. The topological polar surface area (TPSA) is 42.7 Å². The highest BCUT2D eigenvalue weighted by atomic mass is 15.0. The predicted octanol–water partition coefficient (Wildman–Crippen LogP) is 3.72. The molecule has 0 aliphatic rings. The Morgan fingerprint density at radius 1 is 1.00 bits per heavy atom. The van der Waals surface area contributed by atoms with Crippen LogP contribution in [0.1, 0.15) is 17.1 Å². The summed E-state index contributed by atoms with van der Waals surface area (Å²) in [4.78, 5) is 9.26. The van der Waals surface area contributed by atoms with Gasteiger partial charge in [-0.05, 0) is 36.1 Å². The van der Waals surface area contributed by atoms with E-state index in [9.17, 15) is 0 Å². The van der Waals surface area contributed by atoms with Crippen LogP contribution in [-0.2, 0) is 20.1 Å². The van der Waals surface area contributed by atoms with Gasteiger partial charge in [0.25, 0.3) is 0 Å². The molecule has 2 aromatic carbocycles. The second-order valence-corrected chi connectivity index (χ2v) is 6.17. The van der Waals surface area contributed by atoms with E-state index in [-0.39, 0.29) is 0 Å². The highest BCUT2D eigenvalue weighted by Crippen LogP contribution is 2.17. The molecule has 0 bridgehead atoms. The first-order valence-corrected chi connectivity index (χ1v) is 8.18. The summed E-state index contributed by atoms with van der Waals surface area (Å²) < 4.78 is 2.15. The first kappa shape index (κ1) is 14.8. The number of rotatable bonds is 4. The maximum atomic E-state index is 4.65. The fourth-order valence-electron chi connectivity index (χ4n) is 3.11. The second kappa shape index (κ2) is 6.06. The third-order valence-electron chi connectivity index (χ3n) is 4.40. The first-order chi connectivity index (χ1) is 11.7. The van der Waals surface area contributed by atoms with E-state index in [1.165, 1.54) is 16.5 Å². The number of nitrogens with one attached hydrogen (secondary N) is 1. The van der Waals surface area contributed by atoms with Gasteiger partial charge >= 0.3 is 0 Å². The molecule has 4 nitrogen and oxygen atoms in total. The molecule has 0 fully saturated rings. The number of fused-ring (bicyclic) bond motifs is 2. The lowest BCUT2D eigenvalue weighted by Gasteiger charge is -2.08. The van der Waals surface area contributed by atoms with Crippen LogP contribution in [-0.4, -0.2) is 14.5 Å². The normalized spacial score (nSPS) is 11.4. The number of nitrogens with zero attached hydrogens (tertiary/aromatic N) is 3.